The minimum atomic E-state index is -4.41. The molecule has 224 valence electrons. The fraction of sp³-hybridized carbons (Fsp3) is 0.310. The molecule has 0 saturated heterocycles. The Labute approximate surface area is 278 Å². The van der Waals surface area contributed by atoms with Gasteiger partial charge in [0.05, 0.1) is 27.4 Å². The molecule has 10 nitrogen and oxygen atoms in total. The summed E-state index contributed by atoms with van der Waals surface area (Å²) in [6, 6.07) is 11.4. The van der Waals surface area contributed by atoms with E-state index in [2.05, 4.69) is 5.32 Å². The fourth-order valence-corrected chi connectivity index (χ4v) is 7.61. The second kappa shape index (κ2) is 14.2. The van der Waals surface area contributed by atoms with E-state index in [0.717, 1.165) is 16.9 Å². The molecule has 4 rings (SSSR count). The van der Waals surface area contributed by atoms with Crippen LogP contribution < -0.4 is 39.8 Å². The third-order valence-corrected chi connectivity index (χ3v) is 10.5. The van der Waals surface area contributed by atoms with Crippen LogP contribution in [-0.2, 0) is 30.2 Å². The van der Waals surface area contributed by atoms with E-state index < -0.39 is 36.9 Å². The third kappa shape index (κ3) is 7.90. The number of nitrogens with zero attached hydrogens (tertiary/aromatic N) is 1. The predicted molar refractivity (Wildman–Crippen MR) is 162 cm³/mol. The number of hydrogen-bond donors (Lipinski definition) is 2. The van der Waals surface area contributed by atoms with E-state index in [1.807, 2.05) is 30.9 Å². The van der Waals surface area contributed by atoms with Crippen LogP contribution >= 0.6 is 11.8 Å². The zero-order valence-electron chi connectivity index (χ0n) is 24.1. The Balaban J connectivity index is 0.00000506. The number of aliphatic hydroxyl groups is 1. The number of allylic oxidation sites excluding steroid dienone is 6. The van der Waals surface area contributed by atoms with E-state index in [1.54, 1.807) is 30.4 Å². The van der Waals surface area contributed by atoms with Crippen molar-refractivity contribution in [3.8, 4) is 0 Å². The molecule has 0 aromatic heterocycles. The molecule has 14 heteroatoms. The summed E-state index contributed by atoms with van der Waals surface area (Å²) in [5.74, 6) is -0.682. The van der Waals surface area contributed by atoms with Crippen LogP contribution in [0.5, 0.6) is 0 Å². The first-order valence-corrected chi connectivity index (χ1v) is 17.3. The maximum atomic E-state index is 12.9. The summed E-state index contributed by atoms with van der Waals surface area (Å²) in [5.41, 5.74) is 2.47. The number of hydrogen-bond acceptors (Lipinski definition) is 10. The van der Waals surface area contributed by atoms with Gasteiger partial charge in [-0.05, 0) is 54.5 Å². The molecule has 0 aliphatic carbocycles. The molecule has 2 aliphatic heterocycles. The number of Topliss-reactive ketones (excluding diaryl/α,β-unsaturated/α-hetero) is 1. The SMILES string of the molecule is CC1(C)\C(=C/C=C/C=C2/C(=O)c3ccccc3S2(=O)=O)N(CCCS(=O)(=O)[O-])c2ccc(NC(=O)CSCCO)cc21.[Na+]. The van der Waals surface area contributed by atoms with Crippen LogP contribution in [0.2, 0.25) is 0 Å². The Kier molecular flexibility index (Phi) is 11.7. The molecule has 2 aromatic carbocycles. The summed E-state index contributed by atoms with van der Waals surface area (Å²) in [5, 5.41) is 11.8. The van der Waals surface area contributed by atoms with Gasteiger partial charge in [-0.1, -0.05) is 38.1 Å². The minimum absolute atomic E-state index is 0. The minimum Gasteiger partial charge on any atom is -0.748 e. The number of ketones is 1. The second-order valence-corrected chi connectivity index (χ2v) is 14.8. The largest absolute Gasteiger partial charge is 1.00 e. The van der Waals surface area contributed by atoms with Crippen LogP contribution in [0.4, 0.5) is 11.4 Å². The number of aliphatic hydroxyl groups excluding tert-OH is 1. The van der Waals surface area contributed by atoms with Crippen LogP contribution in [0.1, 0.15) is 36.2 Å². The molecule has 2 N–H and O–H groups in total. The van der Waals surface area contributed by atoms with Gasteiger partial charge >= 0.3 is 29.6 Å². The average molecular weight is 655 g/mol. The van der Waals surface area contributed by atoms with Gasteiger partial charge in [0.1, 0.15) is 4.91 Å². The number of rotatable bonds is 11. The smallest absolute Gasteiger partial charge is 0.748 e. The first-order chi connectivity index (χ1) is 19.8. The number of fused-ring (bicyclic) bond motifs is 2. The maximum Gasteiger partial charge on any atom is 1.00 e. The molecule has 0 saturated carbocycles. The van der Waals surface area contributed by atoms with Gasteiger partial charge in [0.15, 0.2) is 0 Å². The zero-order valence-corrected chi connectivity index (χ0v) is 28.5. The zero-order chi connectivity index (χ0) is 30.7. The van der Waals surface area contributed by atoms with Gasteiger partial charge < -0.3 is 19.9 Å². The molecule has 2 aliphatic rings. The normalized spacial score (nSPS) is 18.6. The Hall–Kier alpha value is -2.23. The summed E-state index contributed by atoms with van der Waals surface area (Å²) in [4.78, 5) is 26.6. The number of carbonyl (C=O) groups excluding carboxylic acids is 2. The van der Waals surface area contributed by atoms with Crippen molar-refractivity contribution in [2.75, 3.05) is 40.6 Å². The van der Waals surface area contributed by atoms with E-state index in [0.29, 0.717) is 11.4 Å². The fourth-order valence-electron chi connectivity index (χ4n) is 5.04. The number of carbonyl (C=O) groups is 2. The number of benzene rings is 2. The van der Waals surface area contributed by atoms with E-state index in [4.69, 9.17) is 5.11 Å². The molecule has 0 unspecified atom stereocenters. The summed E-state index contributed by atoms with van der Waals surface area (Å²) in [7, 11) is -8.34. The topological polar surface area (TPSA) is 161 Å². The van der Waals surface area contributed by atoms with E-state index in [9.17, 15) is 31.0 Å². The third-order valence-electron chi connectivity index (χ3n) is 6.97. The average Bonchev–Trinajstić information content (AvgIpc) is 3.24. The number of nitrogens with one attached hydrogen (secondary N) is 1. The second-order valence-electron chi connectivity index (χ2n) is 10.2. The quantitative estimate of drug-likeness (QED) is 0.150. The van der Waals surface area contributed by atoms with Crippen molar-refractivity contribution < 1.29 is 65.6 Å². The molecule has 0 atom stereocenters. The summed E-state index contributed by atoms with van der Waals surface area (Å²) >= 11 is 1.31. The van der Waals surface area contributed by atoms with Crippen LogP contribution in [0.3, 0.4) is 0 Å². The molecule has 0 radical (unpaired) electrons. The number of sulfone groups is 1. The monoisotopic (exact) mass is 654 g/mol. The predicted octanol–water partition coefficient (Wildman–Crippen LogP) is 0.382. The van der Waals surface area contributed by atoms with Crippen molar-refractivity contribution in [1.29, 1.82) is 0 Å². The van der Waals surface area contributed by atoms with Crippen LogP contribution in [0, 0.1) is 0 Å². The van der Waals surface area contributed by atoms with E-state index >= 15 is 0 Å². The first kappa shape index (κ1) is 35.3. The Bertz CT molecular complexity index is 1710. The number of anilines is 2. The molecule has 43 heavy (non-hydrogen) atoms. The standard InChI is InChI=1S/C29H32N2O8S3.Na/c1-29(2)22-18-20(30-27(33)19-40-16-15-32)12-13-23(22)31(14-7-17-41(35,36)37)26(29)11-6-5-10-25-28(34)21-8-3-4-9-24(21)42(25,38)39;/h3-6,8-13,18,32H,7,14-17,19H2,1-2H3,(H,30,33)(H,35,36,37);/q;+1/p-1/b6-5+,25-10-,26-11+;. The summed E-state index contributed by atoms with van der Waals surface area (Å²) in [6.07, 6.45) is 6.18. The molecule has 0 bridgehead atoms. The van der Waals surface area contributed by atoms with Gasteiger partial charge in [-0.15, -0.1) is 11.8 Å². The van der Waals surface area contributed by atoms with Gasteiger partial charge in [-0.2, -0.15) is 0 Å². The van der Waals surface area contributed by atoms with Crippen LogP contribution in [0.15, 0.2) is 82.3 Å². The van der Waals surface area contributed by atoms with Crippen molar-refractivity contribution >= 4 is 54.8 Å². The molecule has 0 spiro atoms. The van der Waals surface area contributed by atoms with Crippen molar-refractivity contribution in [1.82, 2.24) is 0 Å². The van der Waals surface area contributed by atoms with Crippen molar-refractivity contribution in [3.63, 3.8) is 0 Å². The Morgan fingerprint density at radius 2 is 1.84 bits per heavy atom. The van der Waals surface area contributed by atoms with Gasteiger partial charge in [0.2, 0.25) is 21.5 Å². The van der Waals surface area contributed by atoms with Gasteiger partial charge in [0.25, 0.3) is 0 Å². The van der Waals surface area contributed by atoms with Crippen molar-refractivity contribution in [2.45, 2.75) is 30.6 Å². The number of thioether (sulfide) groups is 1. The molecular formula is C29H31N2NaO8S3. The first-order valence-electron chi connectivity index (χ1n) is 13.1. The Morgan fingerprint density at radius 1 is 1.14 bits per heavy atom. The van der Waals surface area contributed by atoms with E-state index in [1.165, 1.54) is 36.0 Å². The molecule has 0 fully saturated rings. The summed E-state index contributed by atoms with van der Waals surface area (Å²) in [6.45, 7) is 4.12. The van der Waals surface area contributed by atoms with Crippen molar-refractivity contribution in [3.05, 3.63) is 88.5 Å². The van der Waals surface area contributed by atoms with E-state index in [-0.39, 0.29) is 76.2 Å². The van der Waals surface area contributed by atoms with Crippen LogP contribution in [-0.4, -0.2) is 68.6 Å². The molecule has 2 aromatic rings. The molecule has 1 amide bonds. The molecule has 2 heterocycles. The van der Waals surface area contributed by atoms with Gasteiger partial charge in [-0.3, -0.25) is 9.59 Å². The van der Waals surface area contributed by atoms with Crippen LogP contribution in [0.25, 0.3) is 0 Å². The van der Waals surface area contributed by atoms with Crippen molar-refractivity contribution in [2.24, 2.45) is 0 Å². The molecular weight excluding hydrogens is 624 g/mol. The van der Waals surface area contributed by atoms with Gasteiger partial charge in [0, 0.05) is 46.1 Å². The summed E-state index contributed by atoms with van der Waals surface area (Å²) < 4.78 is 59.5. The van der Waals surface area contributed by atoms with Gasteiger partial charge in [-0.25, -0.2) is 16.8 Å². The maximum absolute atomic E-state index is 12.9. The number of amides is 1. The Morgan fingerprint density at radius 3 is 2.51 bits per heavy atom.